The molecule has 2 N–H and O–H groups in total. The Hall–Kier alpha value is -3.30. The largest absolute Gasteiger partial charge is 0.479 e. The molecule has 0 amide bonds. The second-order valence-corrected chi connectivity index (χ2v) is 13.6. The number of fused-ring (bicyclic) bond motifs is 4. The fourth-order valence-electron chi connectivity index (χ4n) is 7.43. The number of aliphatic imine (C=N–C) groups is 1. The highest BCUT2D eigenvalue weighted by Crippen LogP contribution is 2.43. The van der Waals surface area contributed by atoms with Crippen LogP contribution in [0.1, 0.15) is 38.2 Å². The molecule has 230 valence electrons. The third-order valence-corrected chi connectivity index (χ3v) is 10.9. The van der Waals surface area contributed by atoms with E-state index in [-0.39, 0.29) is 59.6 Å². The Labute approximate surface area is 261 Å². The summed E-state index contributed by atoms with van der Waals surface area (Å²) in [6, 6.07) is 6.36. The van der Waals surface area contributed by atoms with Crippen molar-refractivity contribution in [3.8, 4) is 17.2 Å². The van der Waals surface area contributed by atoms with Crippen LogP contribution in [-0.4, -0.2) is 72.4 Å². The molecule has 4 aliphatic rings. The van der Waals surface area contributed by atoms with Crippen LogP contribution < -0.4 is 16.2 Å². The van der Waals surface area contributed by atoms with Crippen LogP contribution in [0.3, 0.4) is 0 Å². The van der Waals surface area contributed by atoms with Gasteiger partial charge in [-0.3, -0.25) is 4.90 Å². The van der Waals surface area contributed by atoms with Gasteiger partial charge in [-0.25, -0.2) is 13.2 Å². The van der Waals surface area contributed by atoms with Gasteiger partial charge >= 0.3 is 0 Å². The third-order valence-electron chi connectivity index (χ3n) is 9.53. The van der Waals surface area contributed by atoms with Crippen molar-refractivity contribution in [2.75, 3.05) is 38.6 Å². The van der Waals surface area contributed by atoms with Crippen molar-refractivity contribution < 1.29 is 22.6 Å². The van der Waals surface area contributed by atoms with Gasteiger partial charge in [0.05, 0.1) is 46.1 Å². The molecule has 4 fully saturated rings. The zero-order valence-corrected chi connectivity index (χ0v) is 25.7. The summed E-state index contributed by atoms with van der Waals surface area (Å²) in [7, 11) is 0. The summed E-state index contributed by atoms with van der Waals surface area (Å²) in [6.45, 7) is 8.46. The number of benzene rings is 2. The van der Waals surface area contributed by atoms with Gasteiger partial charge in [0.2, 0.25) is 0 Å². The molecule has 0 aliphatic carbocycles. The Morgan fingerprint density at radius 3 is 2.84 bits per heavy atom. The van der Waals surface area contributed by atoms with Crippen molar-refractivity contribution in [3.63, 3.8) is 0 Å². The van der Waals surface area contributed by atoms with Crippen LogP contribution in [0.15, 0.2) is 23.2 Å². The molecule has 44 heavy (non-hydrogen) atoms. The van der Waals surface area contributed by atoms with Crippen molar-refractivity contribution in [1.29, 1.82) is 5.26 Å². The van der Waals surface area contributed by atoms with Gasteiger partial charge in [-0.2, -0.15) is 10.3 Å². The van der Waals surface area contributed by atoms with Crippen molar-refractivity contribution in [1.82, 2.24) is 9.80 Å². The number of halogens is 4. The lowest BCUT2D eigenvalue weighted by molar-refractivity contribution is -0.0959. The molecule has 0 spiro atoms. The number of rotatable bonds is 5. The van der Waals surface area contributed by atoms with Gasteiger partial charge in [0.15, 0.2) is 5.90 Å². The normalized spacial score (nSPS) is 27.3. The molecule has 0 radical (unpaired) electrons. The number of hydrogen-bond acceptors (Lipinski definition) is 8. The Morgan fingerprint density at radius 2 is 2.11 bits per heavy atom. The number of thiophene rings is 1. The van der Waals surface area contributed by atoms with E-state index in [0.717, 1.165) is 37.1 Å². The fraction of sp³-hybridized carbons (Fsp3) is 0.438. The Morgan fingerprint density at radius 1 is 1.34 bits per heavy atom. The molecule has 4 atom stereocenters. The zero-order valence-electron chi connectivity index (χ0n) is 24.1. The first-order valence-corrected chi connectivity index (χ1v) is 15.9. The number of nitrogens with zero attached hydrogens (tertiary/aromatic N) is 4. The maximum absolute atomic E-state index is 16.5. The molecular formula is C32H31ClF3N5O2S. The number of nitriles is 1. The number of hydrogen-bond donors (Lipinski definition) is 1. The van der Waals surface area contributed by atoms with Gasteiger partial charge in [-0.15, -0.1) is 11.3 Å². The summed E-state index contributed by atoms with van der Waals surface area (Å²) in [5.41, 5.74) is 6.02. The molecule has 0 saturated carbocycles. The van der Waals surface area contributed by atoms with Gasteiger partial charge < -0.3 is 20.1 Å². The third kappa shape index (κ3) is 4.57. The van der Waals surface area contributed by atoms with E-state index in [1.165, 1.54) is 12.1 Å². The Bertz CT molecular complexity index is 1860. The maximum Gasteiger partial charge on any atom is 0.186 e. The van der Waals surface area contributed by atoms with Crippen LogP contribution in [0.4, 0.5) is 18.2 Å². The van der Waals surface area contributed by atoms with Gasteiger partial charge in [0.25, 0.3) is 0 Å². The minimum atomic E-state index is -0.867. The first kappa shape index (κ1) is 29.4. The molecule has 5 heterocycles. The molecule has 3 aromatic rings. The summed E-state index contributed by atoms with van der Waals surface area (Å²) in [5, 5.41) is 10.6. The monoisotopic (exact) mass is 641 g/mol. The van der Waals surface area contributed by atoms with E-state index in [2.05, 4.69) is 16.4 Å². The minimum absolute atomic E-state index is 0.00518. The number of anilines is 1. The summed E-state index contributed by atoms with van der Waals surface area (Å²) in [5.74, 6) is -0.414. The summed E-state index contributed by atoms with van der Waals surface area (Å²) < 4.78 is 57.5. The van der Waals surface area contributed by atoms with Crippen LogP contribution in [0.5, 0.6) is 0 Å². The standard InChI is InChI=1S/C32H31ClF3N5O2S/c1-16-22(9-24(33)27(28(16)36)21-4-5-25(35)29-26(21)23(11-37)30(38)44-29)31(41-19-8-20(41)14-42-13-19)39-17(2)43-15-32-6-3-7-40(32)12-18(34)10-32/h4-5,9,18-20H,1,3,6-8,10,12-15,38H2,2H3/b31-22+,39-17+/t18?,19?,20?,32-/m0/s1. The van der Waals surface area contributed by atoms with E-state index in [1.54, 1.807) is 13.0 Å². The highest BCUT2D eigenvalue weighted by Gasteiger charge is 2.49. The van der Waals surface area contributed by atoms with Crippen LogP contribution in [-0.2, 0) is 9.47 Å². The van der Waals surface area contributed by atoms with Crippen molar-refractivity contribution >= 4 is 56.3 Å². The molecule has 7 nitrogen and oxygen atoms in total. The highest BCUT2D eigenvalue weighted by atomic mass is 35.5. The van der Waals surface area contributed by atoms with E-state index in [1.807, 2.05) is 6.07 Å². The van der Waals surface area contributed by atoms with Crippen LogP contribution in [0.25, 0.3) is 33.6 Å². The molecule has 4 saturated heterocycles. The molecule has 2 bridgehead atoms. The molecule has 7 rings (SSSR count). The fourth-order valence-corrected chi connectivity index (χ4v) is 8.67. The first-order valence-electron chi connectivity index (χ1n) is 14.7. The number of morpholine rings is 1. The molecule has 3 unspecified atom stereocenters. The average molecular weight is 642 g/mol. The minimum Gasteiger partial charge on any atom is -0.479 e. The van der Waals surface area contributed by atoms with E-state index in [0.29, 0.717) is 49.7 Å². The topological polar surface area (TPSA) is 87.1 Å². The second-order valence-electron chi connectivity index (χ2n) is 12.1. The number of ether oxygens (including phenoxy) is 2. The van der Waals surface area contributed by atoms with Gasteiger partial charge in [0.1, 0.15) is 41.3 Å². The van der Waals surface area contributed by atoms with Gasteiger partial charge in [-0.05, 0) is 43.5 Å². The van der Waals surface area contributed by atoms with Crippen LogP contribution in [0, 0.1) is 23.0 Å². The second kappa shape index (κ2) is 10.9. The van der Waals surface area contributed by atoms with Crippen LogP contribution >= 0.6 is 22.9 Å². The first-order chi connectivity index (χ1) is 21.1. The number of nitrogens with two attached hydrogens (primary N) is 1. The lowest BCUT2D eigenvalue weighted by Gasteiger charge is -2.53. The smallest absolute Gasteiger partial charge is 0.186 e. The predicted molar refractivity (Wildman–Crippen MR) is 166 cm³/mol. The molecule has 12 heteroatoms. The quantitative estimate of drug-likeness (QED) is 0.315. The molecule has 4 aliphatic heterocycles. The lowest BCUT2D eigenvalue weighted by Crippen LogP contribution is -2.63. The maximum atomic E-state index is 16.5. The lowest BCUT2D eigenvalue weighted by atomic mass is 9.91. The molecule has 2 aromatic carbocycles. The number of nitrogen functional groups attached to an aromatic ring is 1. The van der Waals surface area contributed by atoms with E-state index >= 15 is 4.39 Å². The Balaban J connectivity index is 1.35. The van der Waals surface area contributed by atoms with E-state index in [9.17, 15) is 14.0 Å². The predicted octanol–water partition coefficient (Wildman–Crippen LogP) is 4.91. The summed E-state index contributed by atoms with van der Waals surface area (Å²) in [4.78, 5) is 9.16. The Kier molecular flexibility index (Phi) is 7.32. The van der Waals surface area contributed by atoms with Gasteiger partial charge in [-0.1, -0.05) is 24.2 Å². The van der Waals surface area contributed by atoms with Crippen molar-refractivity contribution in [2.24, 2.45) is 4.99 Å². The van der Waals surface area contributed by atoms with E-state index < -0.39 is 17.8 Å². The number of alkyl halides is 1. The van der Waals surface area contributed by atoms with Crippen molar-refractivity contribution in [3.05, 3.63) is 50.9 Å². The van der Waals surface area contributed by atoms with Crippen molar-refractivity contribution in [2.45, 2.75) is 56.4 Å². The summed E-state index contributed by atoms with van der Waals surface area (Å²) >= 11 is 7.76. The average Bonchev–Trinajstić information content (AvgIpc) is 3.64. The SMILES string of the molecule is C=c1c(F)c(-c2ccc(F)c3sc(N)c(C#N)c23)c(Cl)c/c1=C(/N=C(\C)OC[C@@]12CCCN1CC(F)C2)N1C2COCC1C2. The van der Waals surface area contributed by atoms with Gasteiger partial charge in [0, 0.05) is 41.3 Å². The van der Waals surface area contributed by atoms with Crippen LogP contribution in [0.2, 0.25) is 5.02 Å². The highest BCUT2D eigenvalue weighted by molar-refractivity contribution is 7.23. The summed E-state index contributed by atoms with van der Waals surface area (Å²) in [6.07, 6.45) is 2.36. The molecule has 1 aromatic heterocycles. The molecular weight excluding hydrogens is 611 g/mol. The van der Waals surface area contributed by atoms with E-state index in [4.69, 9.17) is 31.8 Å². The zero-order chi connectivity index (χ0) is 30.9.